The molecule has 0 spiro atoms. The number of hydrogen-bond donors (Lipinski definition) is 1. The molecule has 3 aliphatic rings. The highest BCUT2D eigenvalue weighted by Crippen LogP contribution is 2.68. The molecule has 0 unspecified atom stereocenters. The Balaban J connectivity index is 2.11. The maximum atomic E-state index is 12.6. The standard InChI is InChI=1S/C21H32O4/c1-12-7-8-15-20(4,16(12)18(24)25-6)10-9-14-19(2,3)11-13(22)17(23)21(14,15)5/h14-17,23H,1,7-11H2,2-6H3/t14-,15-,16-,17-,20+,21-/m1/s1. The second-order valence-corrected chi connectivity index (χ2v) is 9.70. The maximum Gasteiger partial charge on any atom is 0.313 e. The number of ketones is 1. The molecule has 6 atom stereocenters. The van der Waals surface area contributed by atoms with E-state index >= 15 is 0 Å². The Morgan fingerprint density at radius 3 is 2.44 bits per heavy atom. The van der Waals surface area contributed by atoms with E-state index in [1.165, 1.54) is 7.11 Å². The number of esters is 1. The molecule has 0 heterocycles. The SMILES string of the molecule is C=C1CC[C@@H]2[C@](C)(CC[C@@H]3C(C)(C)CC(=O)[C@@H](O)[C@]32C)[C@H]1C(=O)OC. The summed E-state index contributed by atoms with van der Waals surface area (Å²) in [5, 5.41) is 11.0. The molecule has 0 aromatic heterocycles. The van der Waals surface area contributed by atoms with Gasteiger partial charge in [0.1, 0.15) is 6.10 Å². The molecule has 0 saturated heterocycles. The Bertz CT molecular complexity index is 613. The maximum absolute atomic E-state index is 12.6. The van der Waals surface area contributed by atoms with Gasteiger partial charge in [-0.2, -0.15) is 0 Å². The van der Waals surface area contributed by atoms with E-state index in [2.05, 4.69) is 34.3 Å². The first kappa shape index (κ1) is 18.6. The van der Waals surface area contributed by atoms with Crippen molar-refractivity contribution in [2.24, 2.45) is 34.0 Å². The molecule has 0 bridgehead atoms. The molecule has 4 heteroatoms. The van der Waals surface area contributed by atoms with Gasteiger partial charge in [-0.3, -0.25) is 9.59 Å². The van der Waals surface area contributed by atoms with Gasteiger partial charge < -0.3 is 9.84 Å². The lowest BCUT2D eigenvalue weighted by molar-refractivity contribution is -0.206. The monoisotopic (exact) mass is 348 g/mol. The number of carbonyl (C=O) groups excluding carboxylic acids is 2. The van der Waals surface area contributed by atoms with Gasteiger partial charge in [-0.25, -0.2) is 0 Å². The zero-order valence-corrected chi connectivity index (χ0v) is 16.2. The van der Waals surface area contributed by atoms with Crippen molar-refractivity contribution in [3.05, 3.63) is 12.2 Å². The van der Waals surface area contributed by atoms with Crippen LogP contribution in [0.25, 0.3) is 0 Å². The van der Waals surface area contributed by atoms with Gasteiger partial charge in [0.25, 0.3) is 0 Å². The predicted molar refractivity (Wildman–Crippen MR) is 95.7 cm³/mol. The average Bonchev–Trinajstić information content (AvgIpc) is 2.51. The number of aliphatic hydroxyl groups is 1. The van der Waals surface area contributed by atoms with Gasteiger partial charge in [0.05, 0.1) is 13.0 Å². The van der Waals surface area contributed by atoms with E-state index < -0.39 is 11.5 Å². The largest absolute Gasteiger partial charge is 0.469 e. The van der Waals surface area contributed by atoms with Crippen LogP contribution in [0.5, 0.6) is 0 Å². The topological polar surface area (TPSA) is 63.6 Å². The van der Waals surface area contributed by atoms with Gasteiger partial charge in [0, 0.05) is 11.8 Å². The van der Waals surface area contributed by atoms with Crippen molar-refractivity contribution in [3.8, 4) is 0 Å². The predicted octanol–water partition coefficient (Wildman–Crippen LogP) is 3.52. The van der Waals surface area contributed by atoms with Crippen molar-refractivity contribution in [2.45, 2.75) is 65.9 Å². The lowest BCUT2D eigenvalue weighted by Gasteiger charge is -2.66. The Labute approximate surface area is 151 Å². The second-order valence-electron chi connectivity index (χ2n) is 9.70. The molecule has 3 aliphatic carbocycles. The minimum Gasteiger partial charge on any atom is -0.469 e. The quantitative estimate of drug-likeness (QED) is 0.582. The highest BCUT2D eigenvalue weighted by atomic mass is 16.5. The van der Waals surface area contributed by atoms with Crippen molar-refractivity contribution >= 4 is 11.8 Å². The molecule has 3 rings (SSSR count). The van der Waals surface area contributed by atoms with Crippen LogP contribution < -0.4 is 0 Å². The molecule has 0 aliphatic heterocycles. The fourth-order valence-corrected chi connectivity index (χ4v) is 7.00. The van der Waals surface area contributed by atoms with E-state index in [0.29, 0.717) is 6.42 Å². The Morgan fingerprint density at radius 2 is 1.84 bits per heavy atom. The minimum absolute atomic E-state index is 0.0491. The summed E-state index contributed by atoms with van der Waals surface area (Å²) in [7, 11) is 1.43. The van der Waals surface area contributed by atoms with Gasteiger partial charge in [0.2, 0.25) is 0 Å². The van der Waals surface area contributed by atoms with Crippen molar-refractivity contribution in [3.63, 3.8) is 0 Å². The molecule has 1 N–H and O–H groups in total. The van der Waals surface area contributed by atoms with Gasteiger partial charge in [-0.05, 0) is 48.3 Å². The number of Topliss-reactive ketones (excluding diaryl/α,β-unsaturated/α-hetero) is 1. The van der Waals surface area contributed by atoms with Crippen LogP contribution in [0.2, 0.25) is 0 Å². The molecular weight excluding hydrogens is 316 g/mol. The summed E-state index contributed by atoms with van der Waals surface area (Å²) in [6.07, 6.45) is 2.94. The van der Waals surface area contributed by atoms with Crippen molar-refractivity contribution in [2.75, 3.05) is 7.11 Å². The molecule has 25 heavy (non-hydrogen) atoms. The molecule has 4 nitrogen and oxygen atoms in total. The summed E-state index contributed by atoms with van der Waals surface area (Å²) < 4.78 is 5.10. The number of methoxy groups -OCH3 is 1. The first-order valence-corrected chi connectivity index (χ1v) is 9.46. The van der Waals surface area contributed by atoms with E-state index in [9.17, 15) is 14.7 Å². The molecule has 0 amide bonds. The molecule has 140 valence electrons. The second kappa shape index (κ2) is 5.67. The summed E-state index contributed by atoms with van der Waals surface area (Å²) in [5.74, 6) is -0.245. The van der Waals surface area contributed by atoms with Crippen LogP contribution in [-0.4, -0.2) is 30.1 Å². The summed E-state index contributed by atoms with van der Waals surface area (Å²) in [6, 6.07) is 0. The van der Waals surface area contributed by atoms with Crippen LogP contribution in [0.4, 0.5) is 0 Å². The number of fused-ring (bicyclic) bond motifs is 3. The first-order valence-electron chi connectivity index (χ1n) is 9.46. The zero-order chi connectivity index (χ0) is 18.8. The van der Waals surface area contributed by atoms with Gasteiger partial charge in [-0.1, -0.05) is 39.8 Å². The normalized spacial score (nSPS) is 46.2. The third-order valence-corrected chi connectivity index (χ3v) is 8.00. The Morgan fingerprint density at radius 1 is 1.20 bits per heavy atom. The number of carbonyl (C=O) groups is 2. The van der Waals surface area contributed by atoms with Crippen LogP contribution in [-0.2, 0) is 14.3 Å². The van der Waals surface area contributed by atoms with E-state index in [1.54, 1.807) is 0 Å². The zero-order valence-electron chi connectivity index (χ0n) is 16.2. The lowest BCUT2D eigenvalue weighted by Crippen LogP contribution is -2.65. The highest BCUT2D eigenvalue weighted by Gasteiger charge is 2.67. The number of aliphatic hydroxyl groups excluding tert-OH is 1. The minimum atomic E-state index is -0.945. The molecule has 0 aromatic carbocycles. The smallest absolute Gasteiger partial charge is 0.313 e. The van der Waals surface area contributed by atoms with Gasteiger partial charge >= 0.3 is 5.97 Å². The third kappa shape index (κ3) is 2.36. The van der Waals surface area contributed by atoms with Gasteiger partial charge in [0.15, 0.2) is 5.78 Å². The molecule has 3 saturated carbocycles. The van der Waals surface area contributed by atoms with Crippen LogP contribution in [0.15, 0.2) is 12.2 Å². The highest BCUT2D eigenvalue weighted by molar-refractivity contribution is 5.85. The van der Waals surface area contributed by atoms with Gasteiger partial charge in [-0.15, -0.1) is 0 Å². The van der Waals surface area contributed by atoms with Crippen molar-refractivity contribution in [1.82, 2.24) is 0 Å². The summed E-state index contributed by atoms with van der Waals surface area (Å²) in [5.41, 5.74) is -0.00786. The van der Waals surface area contributed by atoms with Crippen LogP contribution >= 0.6 is 0 Å². The van der Waals surface area contributed by atoms with Crippen molar-refractivity contribution in [1.29, 1.82) is 0 Å². The fraction of sp³-hybridized carbons (Fsp3) is 0.810. The van der Waals surface area contributed by atoms with Crippen LogP contribution in [0.3, 0.4) is 0 Å². The Kier molecular flexibility index (Phi) is 4.22. The fourth-order valence-electron chi connectivity index (χ4n) is 7.00. The summed E-state index contributed by atoms with van der Waals surface area (Å²) in [6.45, 7) is 12.7. The third-order valence-electron chi connectivity index (χ3n) is 8.00. The molecule has 3 fully saturated rings. The number of hydrogen-bond acceptors (Lipinski definition) is 4. The summed E-state index contributed by atoms with van der Waals surface area (Å²) >= 11 is 0. The van der Waals surface area contributed by atoms with Crippen LogP contribution in [0.1, 0.15) is 59.8 Å². The molecule has 0 aromatic rings. The van der Waals surface area contributed by atoms with E-state index in [4.69, 9.17) is 4.74 Å². The van der Waals surface area contributed by atoms with E-state index in [0.717, 1.165) is 31.3 Å². The molecular formula is C21H32O4. The summed E-state index contributed by atoms with van der Waals surface area (Å²) in [4.78, 5) is 25.2. The Hall–Kier alpha value is -1.16. The molecule has 0 radical (unpaired) electrons. The average molecular weight is 348 g/mol. The van der Waals surface area contributed by atoms with E-state index in [-0.39, 0.29) is 40.3 Å². The number of rotatable bonds is 1. The van der Waals surface area contributed by atoms with Crippen LogP contribution in [0, 0.1) is 34.0 Å². The lowest BCUT2D eigenvalue weighted by atomic mass is 9.38. The first-order chi connectivity index (χ1) is 11.5. The van der Waals surface area contributed by atoms with E-state index in [1.807, 2.05) is 0 Å². The number of ether oxygens (including phenoxy) is 1. The van der Waals surface area contributed by atoms with Crippen molar-refractivity contribution < 1.29 is 19.4 Å².